The first-order valence-electron chi connectivity index (χ1n) is 5.01. The largest absolute Gasteiger partial charge is 0.337 e. The van der Waals surface area contributed by atoms with E-state index in [1.807, 2.05) is 0 Å². The molecule has 1 unspecified atom stereocenters. The first-order chi connectivity index (χ1) is 7.59. The molecule has 1 aliphatic heterocycles. The predicted molar refractivity (Wildman–Crippen MR) is 60.9 cm³/mol. The highest BCUT2D eigenvalue weighted by atomic mass is 32.2. The monoisotopic (exact) mass is 242 g/mol. The summed E-state index contributed by atoms with van der Waals surface area (Å²) in [6, 6.07) is 1.73. The Hall–Kier alpha value is -1.21. The van der Waals surface area contributed by atoms with Crippen LogP contribution in [-0.2, 0) is 9.84 Å². The second kappa shape index (κ2) is 4.34. The van der Waals surface area contributed by atoms with Gasteiger partial charge in [-0.3, -0.25) is 0 Å². The zero-order chi connectivity index (χ0) is 11.6. The van der Waals surface area contributed by atoms with Gasteiger partial charge in [-0.15, -0.1) is 0 Å². The van der Waals surface area contributed by atoms with E-state index in [0.29, 0.717) is 18.9 Å². The van der Waals surface area contributed by atoms with Crippen molar-refractivity contribution >= 4 is 15.7 Å². The molecule has 0 aliphatic carbocycles. The third-order valence-corrected chi connectivity index (χ3v) is 3.96. The maximum absolute atomic E-state index is 11.6. The summed E-state index contributed by atoms with van der Waals surface area (Å²) >= 11 is 0. The lowest BCUT2D eigenvalue weighted by Gasteiger charge is -2.35. The van der Waals surface area contributed by atoms with E-state index in [0.717, 1.165) is 6.54 Å². The Balaban J connectivity index is 2.31. The Labute approximate surface area is 94.6 Å². The fourth-order valence-corrected chi connectivity index (χ4v) is 2.87. The van der Waals surface area contributed by atoms with Gasteiger partial charge in [0.05, 0.1) is 0 Å². The first kappa shape index (κ1) is 11.3. The number of hydrogen-bond acceptors (Lipinski definition) is 6. The number of nitrogens with one attached hydrogen (secondary N) is 1. The molecule has 1 N–H and O–H groups in total. The van der Waals surface area contributed by atoms with Crippen molar-refractivity contribution in [3.05, 3.63) is 18.6 Å². The Bertz CT molecular complexity index is 448. The molecule has 2 rings (SSSR count). The van der Waals surface area contributed by atoms with Gasteiger partial charge in [0.25, 0.3) is 0 Å². The van der Waals surface area contributed by atoms with Crippen LogP contribution >= 0.6 is 0 Å². The highest BCUT2D eigenvalue weighted by Gasteiger charge is 2.31. The second-order valence-corrected chi connectivity index (χ2v) is 5.95. The summed E-state index contributed by atoms with van der Waals surface area (Å²) in [4.78, 5) is 9.71. The lowest BCUT2D eigenvalue weighted by molar-refractivity contribution is 0.519. The zero-order valence-corrected chi connectivity index (χ0v) is 9.81. The van der Waals surface area contributed by atoms with Crippen molar-refractivity contribution in [1.82, 2.24) is 15.3 Å². The molecule has 2 heterocycles. The molecule has 1 saturated heterocycles. The van der Waals surface area contributed by atoms with Crippen LogP contribution < -0.4 is 10.2 Å². The molecule has 0 amide bonds. The van der Waals surface area contributed by atoms with Crippen molar-refractivity contribution in [2.75, 3.05) is 30.8 Å². The molecule has 0 spiro atoms. The zero-order valence-electron chi connectivity index (χ0n) is 9.00. The lowest BCUT2D eigenvalue weighted by Crippen LogP contribution is -2.55. The molecule has 1 atom stereocenters. The molecule has 1 fully saturated rings. The predicted octanol–water partition coefficient (Wildman–Crippen LogP) is -0.743. The number of anilines is 1. The Morgan fingerprint density at radius 1 is 1.56 bits per heavy atom. The van der Waals surface area contributed by atoms with E-state index in [2.05, 4.69) is 15.3 Å². The summed E-state index contributed by atoms with van der Waals surface area (Å²) in [5, 5.41) is 2.53. The van der Waals surface area contributed by atoms with Crippen molar-refractivity contribution < 1.29 is 8.42 Å². The van der Waals surface area contributed by atoms with Crippen molar-refractivity contribution in [2.24, 2.45) is 0 Å². The maximum atomic E-state index is 11.6. The normalized spacial score (nSPS) is 22.1. The van der Waals surface area contributed by atoms with Crippen molar-refractivity contribution in [3.8, 4) is 0 Å². The minimum Gasteiger partial charge on any atom is -0.337 e. The SMILES string of the molecule is CS(=O)(=O)C1CNCCN1c1ccncn1. The van der Waals surface area contributed by atoms with Crippen LogP contribution in [0.25, 0.3) is 0 Å². The Kier molecular flexibility index (Phi) is 3.06. The molecule has 1 aromatic heterocycles. The van der Waals surface area contributed by atoms with Gasteiger partial charge in [-0.2, -0.15) is 0 Å². The van der Waals surface area contributed by atoms with Crippen LogP contribution in [0, 0.1) is 0 Å². The standard InChI is InChI=1S/C9H14N4O2S/c1-16(14,15)9-6-10-4-5-13(9)8-2-3-11-7-12-8/h2-3,7,9-10H,4-6H2,1H3. The average molecular weight is 242 g/mol. The van der Waals surface area contributed by atoms with Gasteiger partial charge in [0.15, 0.2) is 9.84 Å². The third kappa shape index (κ3) is 2.30. The lowest BCUT2D eigenvalue weighted by atomic mass is 10.3. The Morgan fingerprint density at radius 3 is 3.00 bits per heavy atom. The maximum Gasteiger partial charge on any atom is 0.169 e. The van der Waals surface area contributed by atoms with Gasteiger partial charge >= 0.3 is 0 Å². The number of hydrogen-bond donors (Lipinski definition) is 1. The summed E-state index contributed by atoms with van der Waals surface area (Å²) in [6.07, 6.45) is 4.29. The molecule has 0 radical (unpaired) electrons. The Morgan fingerprint density at radius 2 is 2.38 bits per heavy atom. The highest BCUT2D eigenvalue weighted by Crippen LogP contribution is 2.17. The number of aromatic nitrogens is 2. The van der Waals surface area contributed by atoms with Gasteiger partial charge in [-0.25, -0.2) is 18.4 Å². The highest BCUT2D eigenvalue weighted by molar-refractivity contribution is 7.91. The molecular formula is C9H14N4O2S. The fourth-order valence-electron chi connectivity index (χ4n) is 1.78. The van der Waals surface area contributed by atoms with Crippen molar-refractivity contribution in [3.63, 3.8) is 0 Å². The fraction of sp³-hybridized carbons (Fsp3) is 0.556. The minimum absolute atomic E-state index is 0.433. The van der Waals surface area contributed by atoms with E-state index < -0.39 is 15.2 Å². The van der Waals surface area contributed by atoms with E-state index in [1.54, 1.807) is 17.2 Å². The van der Waals surface area contributed by atoms with Crippen molar-refractivity contribution in [2.45, 2.75) is 5.37 Å². The molecule has 6 nitrogen and oxygen atoms in total. The number of sulfone groups is 1. The molecule has 7 heteroatoms. The average Bonchev–Trinajstić information content (AvgIpc) is 2.29. The molecule has 16 heavy (non-hydrogen) atoms. The van der Waals surface area contributed by atoms with Gasteiger partial charge in [0, 0.05) is 32.1 Å². The van der Waals surface area contributed by atoms with Crippen LogP contribution in [0.15, 0.2) is 18.6 Å². The van der Waals surface area contributed by atoms with Crippen LogP contribution in [0.2, 0.25) is 0 Å². The molecule has 1 aliphatic rings. The van der Waals surface area contributed by atoms with Crippen LogP contribution in [0.3, 0.4) is 0 Å². The smallest absolute Gasteiger partial charge is 0.169 e. The number of rotatable bonds is 2. The van der Waals surface area contributed by atoms with Crippen LogP contribution in [-0.4, -0.2) is 49.6 Å². The molecule has 0 bridgehead atoms. The topological polar surface area (TPSA) is 75.2 Å². The van der Waals surface area contributed by atoms with Crippen LogP contribution in [0.1, 0.15) is 0 Å². The van der Waals surface area contributed by atoms with Crippen LogP contribution in [0.4, 0.5) is 5.82 Å². The molecule has 88 valence electrons. The summed E-state index contributed by atoms with van der Waals surface area (Å²) in [5.41, 5.74) is 0. The van der Waals surface area contributed by atoms with E-state index >= 15 is 0 Å². The number of nitrogens with zero attached hydrogens (tertiary/aromatic N) is 3. The van der Waals surface area contributed by atoms with Gasteiger partial charge in [0.1, 0.15) is 17.5 Å². The summed E-state index contributed by atoms with van der Waals surface area (Å²) in [7, 11) is -3.12. The summed E-state index contributed by atoms with van der Waals surface area (Å²) < 4.78 is 23.3. The van der Waals surface area contributed by atoms with Gasteiger partial charge < -0.3 is 10.2 Å². The minimum atomic E-state index is -3.12. The van der Waals surface area contributed by atoms with Gasteiger partial charge in [0.2, 0.25) is 0 Å². The molecular weight excluding hydrogens is 228 g/mol. The number of piperazine rings is 1. The molecule has 0 aromatic carbocycles. The second-order valence-electron chi connectivity index (χ2n) is 3.75. The van der Waals surface area contributed by atoms with Crippen molar-refractivity contribution in [1.29, 1.82) is 0 Å². The van der Waals surface area contributed by atoms with Crippen LogP contribution in [0.5, 0.6) is 0 Å². The summed E-state index contributed by atoms with van der Waals surface area (Å²) in [5.74, 6) is 0.659. The third-order valence-electron chi connectivity index (χ3n) is 2.55. The summed E-state index contributed by atoms with van der Waals surface area (Å²) in [6.45, 7) is 1.83. The van der Waals surface area contributed by atoms with E-state index in [-0.39, 0.29) is 0 Å². The van der Waals surface area contributed by atoms with E-state index in [1.165, 1.54) is 12.6 Å². The van der Waals surface area contributed by atoms with E-state index in [9.17, 15) is 8.42 Å². The molecule has 0 saturated carbocycles. The van der Waals surface area contributed by atoms with Gasteiger partial charge in [-0.1, -0.05) is 0 Å². The van der Waals surface area contributed by atoms with E-state index in [4.69, 9.17) is 0 Å². The quantitative estimate of drug-likeness (QED) is 0.736. The van der Waals surface area contributed by atoms with Gasteiger partial charge in [-0.05, 0) is 6.07 Å². The first-order valence-corrected chi connectivity index (χ1v) is 6.97. The molecule has 1 aromatic rings.